The van der Waals surface area contributed by atoms with Crippen molar-refractivity contribution >= 4 is 11.5 Å². The number of piperidine rings is 1. The van der Waals surface area contributed by atoms with E-state index in [1.54, 1.807) is 6.07 Å². The van der Waals surface area contributed by atoms with Crippen molar-refractivity contribution in [2.45, 2.75) is 19.3 Å². The van der Waals surface area contributed by atoms with Crippen LogP contribution in [0.1, 0.15) is 29.6 Å². The fourth-order valence-corrected chi connectivity index (χ4v) is 2.25. The molecule has 3 N–H and O–H groups in total. The zero-order chi connectivity index (χ0) is 12.3. The van der Waals surface area contributed by atoms with E-state index in [4.69, 9.17) is 5.73 Å². The third-order valence-corrected chi connectivity index (χ3v) is 3.23. The zero-order valence-corrected chi connectivity index (χ0v) is 9.71. The quantitative estimate of drug-likeness (QED) is 0.623. The van der Waals surface area contributed by atoms with Gasteiger partial charge in [-0.3, -0.25) is 4.79 Å². The van der Waals surface area contributed by atoms with Crippen LogP contribution in [0.2, 0.25) is 0 Å². The average molecular weight is 236 g/mol. The Balaban J connectivity index is 2.06. The standard InChI is InChI=1S/C13H17FN2O/c14-11-5-1-4-10(13(11)15)12(17)7-9-3-2-6-16-8-9/h1,4-5,9,16H,2-3,6-8,15H2. The molecule has 0 amide bonds. The van der Waals surface area contributed by atoms with Gasteiger partial charge in [-0.1, -0.05) is 6.07 Å². The van der Waals surface area contributed by atoms with Gasteiger partial charge < -0.3 is 11.1 Å². The molecule has 1 atom stereocenters. The summed E-state index contributed by atoms with van der Waals surface area (Å²) in [6, 6.07) is 4.39. The summed E-state index contributed by atoms with van der Waals surface area (Å²) in [6.45, 7) is 1.88. The van der Waals surface area contributed by atoms with Gasteiger partial charge in [-0.05, 0) is 44.0 Å². The van der Waals surface area contributed by atoms with E-state index in [0.29, 0.717) is 17.9 Å². The lowest BCUT2D eigenvalue weighted by Crippen LogP contribution is -2.31. The van der Waals surface area contributed by atoms with Crippen molar-refractivity contribution in [2.24, 2.45) is 5.92 Å². The van der Waals surface area contributed by atoms with Crippen molar-refractivity contribution in [3.05, 3.63) is 29.6 Å². The smallest absolute Gasteiger partial charge is 0.165 e. The first-order chi connectivity index (χ1) is 8.18. The van der Waals surface area contributed by atoms with Gasteiger partial charge in [0.1, 0.15) is 5.82 Å². The molecule has 1 aliphatic rings. The van der Waals surface area contributed by atoms with Crippen LogP contribution < -0.4 is 11.1 Å². The SMILES string of the molecule is Nc1c(F)cccc1C(=O)CC1CCCNC1. The van der Waals surface area contributed by atoms with Crippen molar-refractivity contribution in [3.8, 4) is 0 Å². The zero-order valence-electron chi connectivity index (χ0n) is 9.71. The van der Waals surface area contributed by atoms with Crippen molar-refractivity contribution in [1.29, 1.82) is 0 Å². The Hall–Kier alpha value is -1.42. The number of benzene rings is 1. The van der Waals surface area contributed by atoms with E-state index < -0.39 is 5.82 Å². The number of nitrogens with one attached hydrogen (secondary N) is 1. The summed E-state index contributed by atoms with van der Waals surface area (Å²) in [7, 11) is 0. The summed E-state index contributed by atoms with van der Waals surface area (Å²) in [6.07, 6.45) is 2.59. The number of nitrogens with two attached hydrogens (primary N) is 1. The van der Waals surface area contributed by atoms with Gasteiger partial charge in [0.25, 0.3) is 0 Å². The molecule has 3 nitrogen and oxygen atoms in total. The highest BCUT2D eigenvalue weighted by Crippen LogP contribution is 2.22. The van der Waals surface area contributed by atoms with E-state index in [0.717, 1.165) is 25.9 Å². The Labute approximate surface area is 100 Å². The molecule has 0 radical (unpaired) electrons. The van der Waals surface area contributed by atoms with E-state index in [1.807, 2.05) is 0 Å². The number of ketones is 1. The van der Waals surface area contributed by atoms with Gasteiger partial charge in [0.2, 0.25) is 0 Å². The first kappa shape index (κ1) is 12.0. The molecule has 0 saturated carbocycles. The second-order valence-electron chi connectivity index (χ2n) is 4.54. The minimum Gasteiger partial charge on any atom is -0.396 e. The number of hydrogen-bond donors (Lipinski definition) is 2. The highest BCUT2D eigenvalue weighted by molar-refractivity contribution is 6.00. The van der Waals surface area contributed by atoms with Crippen molar-refractivity contribution < 1.29 is 9.18 Å². The molecule has 0 aliphatic carbocycles. The summed E-state index contributed by atoms with van der Waals surface area (Å²) >= 11 is 0. The van der Waals surface area contributed by atoms with Crippen LogP contribution in [-0.2, 0) is 0 Å². The molecule has 4 heteroatoms. The number of halogens is 1. The number of carbonyl (C=O) groups excluding carboxylic acids is 1. The molecule has 1 aromatic rings. The van der Waals surface area contributed by atoms with Crippen LogP contribution >= 0.6 is 0 Å². The van der Waals surface area contributed by atoms with Gasteiger partial charge in [-0.15, -0.1) is 0 Å². The lowest BCUT2D eigenvalue weighted by atomic mass is 9.91. The Morgan fingerprint density at radius 2 is 2.35 bits per heavy atom. The predicted molar refractivity (Wildman–Crippen MR) is 65.4 cm³/mol. The summed E-state index contributed by atoms with van der Waals surface area (Å²) in [5, 5.41) is 3.26. The van der Waals surface area contributed by atoms with E-state index in [-0.39, 0.29) is 11.5 Å². The molecule has 1 aromatic carbocycles. The second-order valence-corrected chi connectivity index (χ2v) is 4.54. The molecule has 1 unspecified atom stereocenters. The number of Topliss-reactive ketones (excluding diaryl/α,β-unsaturated/α-hetero) is 1. The maximum atomic E-state index is 13.2. The van der Waals surface area contributed by atoms with E-state index >= 15 is 0 Å². The minimum absolute atomic E-state index is 0.0266. The minimum atomic E-state index is -0.516. The maximum absolute atomic E-state index is 13.2. The van der Waals surface area contributed by atoms with Gasteiger partial charge in [-0.25, -0.2) is 4.39 Å². The third-order valence-electron chi connectivity index (χ3n) is 3.23. The number of rotatable bonds is 3. The van der Waals surface area contributed by atoms with Crippen molar-refractivity contribution in [2.75, 3.05) is 18.8 Å². The summed E-state index contributed by atoms with van der Waals surface area (Å²) < 4.78 is 13.2. The molecule has 1 fully saturated rings. The van der Waals surface area contributed by atoms with Gasteiger partial charge >= 0.3 is 0 Å². The van der Waals surface area contributed by atoms with E-state index in [1.165, 1.54) is 12.1 Å². The highest BCUT2D eigenvalue weighted by atomic mass is 19.1. The van der Waals surface area contributed by atoms with E-state index in [2.05, 4.69) is 5.32 Å². The number of para-hydroxylation sites is 1. The van der Waals surface area contributed by atoms with Crippen LogP contribution in [0, 0.1) is 11.7 Å². The van der Waals surface area contributed by atoms with Crippen molar-refractivity contribution in [3.63, 3.8) is 0 Å². The number of hydrogen-bond acceptors (Lipinski definition) is 3. The lowest BCUT2D eigenvalue weighted by Gasteiger charge is -2.22. The van der Waals surface area contributed by atoms with Crippen LogP contribution in [0.4, 0.5) is 10.1 Å². The Bertz CT molecular complexity index is 414. The molecule has 0 bridgehead atoms. The van der Waals surface area contributed by atoms with Crippen LogP contribution in [0.15, 0.2) is 18.2 Å². The third kappa shape index (κ3) is 2.82. The highest BCUT2D eigenvalue weighted by Gasteiger charge is 2.19. The molecule has 92 valence electrons. The monoisotopic (exact) mass is 236 g/mol. The molecule has 1 aliphatic heterocycles. The molecule has 0 aromatic heterocycles. The Morgan fingerprint density at radius 1 is 1.53 bits per heavy atom. The topological polar surface area (TPSA) is 55.1 Å². The normalized spacial score (nSPS) is 20.2. The van der Waals surface area contributed by atoms with Gasteiger partial charge in [0.15, 0.2) is 5.78 Å². The average Bonchev–Trinajstić information content (AvgIpc) is 2.34. The van der Waals surface area contributed by atoms with Gasteiger partial charge in [-0.2, -0.15) is 0 Å². The largest absolute Gasteiger partial charge is 0.396 e. The number of carbonyl (C=O) groups is 1. The molecular weight excluding hydrogens is 219 g/mol. The Morgan fingerprint density at radius 3 is 3.06 bits per heavy atom. The molecule has 2 rings (SSSR count). The van der Waals surface area contributed by atoms with E-state index in [9.17, 15) is 9.18 Å². The summed E-state index contributed by atoms with van der Waals surface area (Å²) in [5.41, 5.74) is 5.87. The van der Waals surface area contributed by atoms with Crippen LogP contribution in [0.3, 0.4) is 0 Å². The first-order valence-electron chi connectivity index (χ1n) is 5.96. The Kier molecular flexibility index (Phi) is 3.74. The second kappa shape index (κ2) is 5.27. The summed E-state index contributed by atoms with van der Waals surface area (Å²) in [4.78, 5) is 12.0. The van der Waals surface area contributed by atoms with Crippen LogP contribution in [0.25, 0.3) is 0 Å². The molecule has 1 heterocycles. The van der Waals surface area contributed by atoms with Gasteiger partial charge in [0.05, 0.1) is 5.69 Å². The molecule has 1 saturated heterocycles. The molecule has 17 heavy (non-hydrogen) atoms. The molecular formula is C13H17FN2O. The van der Waals surface area contributed by atoms with Gasteiger partial charge in [0, 0.05) is 12.0 Å². The summed E-state index contributed by atoms with van der Waals surface area (Å²) in [5.74, 6) is -0.229. The number of nitrogen functional groups attached to an aromatic ring is 1. The number of anilines is 1. The lowest BCUT2D eigenvalue weighted by molar-refractivity contribution is 0.0954. The maximum Gasteiger partial charge on any atom is 0.165 e. The fraction of sp³-hybridized carbons (Fsp3) is 0.462. The first-order valence-corrected chi connectivity index (χ1v) is 5.96. The predicted octanol–water partition coefficient (Wildman–Crippen LogP) is 1.98. The fourth-order valence-electron chi connectivity index (χ4n) is 2.25. The molecule has 0 spiro atoms. The van der Waals surface area contributed by atoms with Crippen LogP contribution in [0.5, 0.6) is 0 Å². The van der Waals surface area contributed by atoms with Crippen molar-refractivity contribution in [1.82, 2.24) is 5.32 Å². The van der Waals surface area contributed by atoms with Crippen LogP contribution in [-0.4, -0.2) is 18.9 Å².